The van der Waals surface area contributed by atoms with Crippen LogP contribution in [0.15, 0.2) is 24.3 Å². The van der Waals surface area contributed by atoms with Crippen LogP contribution in [0, 0.1) is 5.92 Å². The molecule has 0 radical (unpaired) electrons. The summed E-state index contributed by atoms with van der Waals surface area (Å²) in [7, 11) is 0. The molecule has 2 nitrogen and oxygen atoms in total. The Balaban J connectivity index is 2.01. The summed E-state index contributed by atoms with van der Waals surface area (Å²) in [6.45, 7) is 4.64. The first kappa shape index (κ1) is 12.4. The molecule has 0 spiro atoms. The summed E-state index contributed by atoms with van der Waals surface area (Å²) in [5, 5.41) is 0. The zero-order chi connectivity index (χ0) is 12.3. The Morgan fingerprint density at radius 1 is 1.41 bits per heavy atom. The van der Waals surface area contributed by atoms with Crippen LogP contribution >= 0.6 is 12.2 Å². The molecule has 0 aromatic heterocycles. The zero-order valence-electron chi connectivity index (χ0n) is 10.4. The van der Waals surface area contributed by atoms with Gasteiger partial charge in [-0.3, -0.25) is 0 Å². The smallest absolute Gasteiger partial charge is 0.103 e. The summed E-state index contributed by atoms with van der Waals surface area (Å²) in [5.74, 6) is 0.871. The summed E-state index contributed by atoms with van der Waals surface area (Å²) in [5.41, 5.74) is 7.84. The Bertz CT molecular complexity index is 386. The lowest BCUT2D eigenvalue weighted by molar-refractivity contribution is 0.530. The van der Waals surface area contributed by atoms with Gasteiger partial charge in [-0.1, -0.05) is 25.6 Å². The van der Waals surface area contributed by atoms with Gasteiger partial charge in [-0.05, 0) is 43.0 Å². The average Bonchev–Trinajstić information content (AvgIpc) is 2.78. The molecule has 1 aliphatic heterocycles. The lowest BCUT2D eigenvalue weighted by Gasteiger charge is -2.19. The van der Waals surface area contributed by atoms with Crippen LogP contribution in [0.3, 0.4) is 0 Å². The van der Waals surface area contributed by atoms with Crippen LogP contribution in [0.4, 0.5) is 5.69 Å². The van der Waals surface area contributed by atoms with Crippen molar-refractivity contribution in [3.05, 3.63) is 29.8 Å². The van der Waals surface area contributed by atoms with Gasteiger partial charge in [-0.25, -0.2) is 0 Å². The average molecular weight is 248 g/mol. The fraction of sp³-hybridized carbons (Fsp3) is 0.500. The molecule has 1 heterocycles. The first-order chi connectivity index (χ1) is 8.20. The number of hydrogen-bond donors (Lipinski definition) is 1. The van der Waals surface area contributed by atoms with Gasteiger partial charge in [-0.2, -0.15) is 0 Å². The molecule has 1 fully saturated rings. The van der Waals surface area contributed by atoms with Crippen molar-refractivity contribution in [2.24, 2.45) is 11.7 Å². The Morgan fingerprint density at radius 3 is 2.71 bits per heavy atom. The lowest BCUT2D eigenvalue weighted by atomic mass is 10.0. The topological polar surface area (TPSA) is 29.3 Å². The molecule has 2 rings (SSSR count). The highest BCUT2D eigenvalue weighted by Gasteiger charge is 2.21. The molecule has 1 aliphatic rings. The van der Waals surface area contributed by atoms with Gasteiger partial charge in [0.25, 0.3) is 0 Å². The maximum absolute atomic E-state index is 5.60. The predicted octanol–water partition coefficient (Wildman–Crippen LogP) is 2.95. The van der Waals surface area contributed by atoms with Crippen LogP contribution in [0.2, 0.25) is 0 Å². The predicted molar refractivity (Wildman–Crippen MR) is 77.6 cm³/mol. The van der Waals surface area contributed by atoms with Crippen LogP contribution in [-0.2, 0) is 0 Å². The Kier molecular flexibility index (Phi) is 4.00. The highest BCUT2D eigenvalue weighted by atomic mass is 32.1. The van der Waals surface area contributed by atoms with Crippen molar-refractivity contribution in [3.63, 3.8) is 0 Å². The first-order valence-corrected chi connectivity index (χ1v) is 6.76. The van der Waals surface area contributed by atoms with Crippen LogP contribution < -0.4 is 10.6 Å². The second-order valence-electron chi connectivity index (χ2n) is 4.80. The third kappa shape index (κ3) is 2.97. The molecule has 3 heteroatoms. The normalized spacial score (nSPS) is 19.6. The van der Waals surface area contributed by atoms with Crippen LogP contribution in [-0.4, -0.2) is 18.1 Å². The van der Waals surface area contributed by atoms with E-state index >= 15 is 0 Å². The largest absolute Gasteiger partial charge is 0.389 e. The number of hydrogen-bond acceptors (Lipinski definition) is 2. The number of anilines is 1. The van der Waals surface area contributed by atoms with Crippen molar-refractivity contribution in [2.75, 3.05) is 18.0 Å². The number of rotatable bonds is 4. The van der Waals surface area contributed by atoms with E-state index in [1.807, 2.05) is 12.1 Å². The summed E-state index contributed by atoms with van der Waals surface area (Å²) in [4.78, 5) is 2.94. The van der Waals surface area contributed by atoms with Crippen molar-refractivity contribution in [1.82, 2.24) is 0 Å². The third-order valence-corrected chi connectivity index (χ3v) is 3.74. The monoisotopic (exact) mass is 248 g/mol. The van der Waals surface area contributed by atoms with E-state index in [0.29, 0.717) is 4.99 Å². The van der Waals surface area contributed by atoms with Gasteiger partial charge in [0.2, 0.25) is 0 Å². The van der Waals surface area contributed by atoms with Crippen molar-refractivity contribution in [3.8, 4) is 0 Å². The maximum atomic E-state index is 5.60. The SMILES string of the molecule is CCCC1CCN(c2ccc(C(N)=S)cc2)C1. The fourth-order valence-corrected chi connectivity index (χ4v) is 2.68. The number of nitrogens with zero attached hydrogens (tertiary/aromatic N) is 1. The van der Waals surface area contributed by atoms with E-state index in [-0.39, 0.29) is 0 Å². The molecule has 1 unspecified atom stereocenters. The van der Waals surface area contributed by atoms with Crippen molar-refractivity contribution < 1.29 is 0 Å². The lowest BCUT2D eigenvalue weighted by Crippen LogP contribution is -2.19. The summed E-state index contributed by atoms with van der Waals surface area (Å²) in [6.07, 6.45) is 3.96. The molecule has 1 aromatic rings. The van der Waals surface area contributed by atoms with E-state index in [1.54, 1.807) is 0 Å². The van der Waals surface area contributed by atoms with E-state index in [2.05, 4.69) is 24.0 Å². The van der Waals surface area contributed by atoms with E-state index in [4.69, 9.17) is 18.0 Å². The van der Waals surface area contributed by atoms with E-state index in [9.17, 15) is 0 Å². The Labute approximate surface area is 109 Å². The molecule has 0 bridgehead atoms. The highest BCUT2D eigenvalue weighted by molar-refractivity contribution is 7.80. The minimum Gasteiger partial charge on any atom is -0.389 e. The zero-order valence-corrected chi connectivity index (χ0v) is 11.2. The van der Waals surface area contributed by atoms with Gasteiger partial charge in [0.15, 0.2) is 0 Å². The Morgan fingerprint density at radius 2 is 2.12 bits per heavy atom. The molecule has 0 saturated carbocycles. The van der Waals surface area contributed by atoms with Gasteiger partial charge < -0.3 is 10.6 Å². The van der Waals surface area contributed by atoms with Gasteiger partial charge in [-0.15, -0.1) is 0 Å². The van der Waals surface area contributed by atoms with Gasteiger partial charge >= 0.3 is 0 Å². The quantitative estimate of drug-likeness (QED) is 0.831. The van der Waals surface area contributed by atoms with Crippen LogP contribution in [0.25, 0.3) is 0 Å². The van der Waals surface area contributed by atoms with Crippen LogP contribution in [0.1, 0.15) is 31.7 Å². The maximum Gasteiger partial charge on any atom is 0.103 e. The number of thiocarbonyl (C=S) groups is 1. The molecule has 0 aliphatic carbocycles. The molecule has 92 valence electrons. The van der Waals surface area contributed by atoms with Gasteiger partial charge in [0, 0.05) is 24.3 Å². The van der Waals surface area contributed by atoms with Crippen molar-refractivity contribution in [1.29, 1.82) is 0 Å². The first-order valence-electron chi connectivity index (χ1n) is 6.35. The molecule has 0 amide bonds. The van der Waals surface area contributed by atoms with Crippen LogP contribution in [0.5, 0.6) is 0 Å². The molecule has 1 saturated heterocycles. The molecular weight excluding hydrogens is 228 g/mol. The fourth-order valence-electron chi connectivity index (χ4n) is 2.55. The number of nitrogens with two attached hydrogens (primary N) is 1. The van der Waals surface area contributed by atoms with Gasteiger partial charge in [0.05, 0.1) is 0 Å². The Hall–Kier alpha value is -1.09. The molecule has 17 heavy (non-hydrogen) atoms. The molecular formula is C14H20N2S. The molecule has 1 atom stereocenters. The van der Waals surface area contributed by atoms with Crippen molar-refractivity contribution >= 4 is 22.9 Å². The van der Waals surface area contributed by atoms with E-state index < -0.39 is 0 Å². The van der Waals surface area contributed by atoms with Gasteiger partial charge in [0.1, 0.15) is 4.99 Å². The number of benzene rings is 1. The highest BCUT2D eigenvalue weighted by Crippen LogP contribution is 2.26. The third-order valence-electron chi connectivity index (χ3n) is 3.50. The summed E-state index contributed by atoms with van der Waals surface area (Å²) in [6, 6.07) is 8.29. The second-order valence-corrected chi connectivity index (χ2v) is 5.24. The summed E-state index contributed by atoms with van der Waals surface area (Å²) >= 11 is 4.96. The summed E-state index contributed by atoms with van der Waals surface area (Å²) < 4.78 is 0. The van der Waals surface area contributed by atoms with E-state index in [1.165, 1.54) is 38.0 Å². The second kappa shape index (κ2) is 5.50. The van der Waals surface area contributed by atoms with Crippen molar-refractivity contribution in [2.45, 2.75) is 26.2 Å². The van der Waals surface area contributed by atoms with E-state index in [0.717, 1.165) is 11.5 Å². The minimum atomic E-state index is 0.474. The molecule has 1 aromatic carbocycles. The molecule has 2 N–H and O–H groups in total. The minimum absolute atomic E-state index is 0.474. The standard InChI is InChI=1S/C14H20N2S/c1-2-3-11-8-9-16(10-11)13-6-4-12(5-7-13)14(15)17/h4-7,11H,2-3,8-10H2,1H3,(H2,15,17).